The molecule has 0 amide bonds. The number of phenolic OH excluding ortho intramolecular Hbond substituents is 1. The van der Waals surface area contributed by atoms with E-state index in [9.17, 15) is 5.11 Å². The average Bonchev–Trinajstić information content (AvgIpc) is 3.10. The second-order valence-electron chi connectivity index (χ2n) is 5.33. The number of anilines is 2. The van der Waals surface area contributed by atoms with Crippen molar-refractivity contribution in [3.8, 4) is 17.1 Å². The lowest BCUT2D eigenvalue weighted by Crippen LogP contribution is -1.92. The first kappa shape index (κ1) is 15.0. The molecular formula is C17H13ClN4OS. The van der Waals surface area contributed by atoms with Crippen LogP contribution in [0.25, 0.3) is 17.0 Å². The number of aryl methyl sites for hydroxylation is 1. The number of aromatic nitrogens is 3. The minimum Gasteiger partial charge on any atom is -0.508 e. The number of fused-ring (bicyclic) bond motifs is 1. The normalized spacial score (nSPS) is 11.1. The molecule has 1 aromatic carbocycles. The predicted molar refractivity (Wildman–Crippen MR) is 97.4 cm³/mol. The van der Waals surface area contributed by atoms with E-state index in [0.717, 1.165) is 33.5 Å². The van der Waals surface area contributed by atoms with Gasteiger partial charge in [0.1, 0.15) is 17.1 Å². The van der Waals surface area contributed by atoms with Crippen molar-refractivity contribution in [2.45, 2.75) is 6.92 Å². The van der Waals surface area contributed by atoms with E-state index in [-0.39, 0.29) is 5.75 Å². The second-order valence-corrected chi connectivity index (χ2v) is 6.63. The highest BCUT2D eigenvalue weighted by molar-refractivity contribution is 7.14. The lowest BCUT2D eigenvalue weighted by atomic mass is 10.3. The van der Waals surface area contributed by atoms with Crippen molar-refractivity contribution in [2.75, 3.05) is 5.32 Å². The molecule has 24 heavy (non-hydrogen) atoms. The molecule has 0 radical (unpaired) electrons. The zero-order valence-electron chi connectivity index (χ0n) is 12.7. The largest absolute Gasteiger partial charge is 0.508 e. The Morgan fingerprint density at radius 2 is 2.08 bits per heavy atom. The Bertz CT molecular complexity index is 1040. The van der Waals surface area contributed by atoms with Crippen LogP contribution in [0.3, 0.4) is 0 Å². The first-order valence-electron chi connectivity index (χ1n) is 7.26. The van der Waals surface area contributed by atoms with Crippen LogP contribution < -0.4 is 5.32 Å². The number of rotatable bonds is 3. The van der Waals surface area contributed by atoms with Crippen LogP contribution in [0.4, 0.5) is 10.8 Å². The summed E-state index contributed by atoms with van der Waals surface area (Å²) in [6, 6.07) is 10.6. The van der Waals surface area contributed by atoms with Crippen LogP contribution in [0.5, 0.6) is 5.75 Å². The number of phenols is 1. The van der Waals surface area contributed by atoms with Gasteiger partial charge in [-0.25, -0.2) is 9.97 Å². The Kier molecular flexibility index (Phi) is 3.63. The summed E-state index contributed by atoms with van der Waals surface area (Å²) in [5.41, 5.74) is 4.27. The van der Waals surface area contributed by atoms with Crippen LogP contribution in [0, 0.1) is 6.92 Å². The SMILES string of the molecule is Cc1nc2ccc(Cl)cn2c1-c1csc(Nc2cccc(O)c2)n1. The highest BCUT2D eigenvalue weighted by Crippen LogP contribution is 2.31. The van der Waals surface area contributed by atoms with E-state index in [2.05, 4.69) is 15.3 Å². The lowest BCUT2D eigenvalue weighted by Gasteiger charge is -2.03. The predicted octanol–water partition coefficient (Wildman–Crippen LogP) is 4.87. The third-order valence-electron chi connectivity index (χ3n) is 3.60. The van der Waals surface area contributed by atoms with Crippen LogP contribution in [-0.2, 0) is 0 Å². The lowest BCUT2D eigenvalue weighted by molar-refractivity contribution is 0.475. The van der Waals surface area contributed by atoms with E-state index in [1.807, 2.05) is 41.1 Å². The number of benzene rings is 1. The first-order valence-corrected chi connectivity index (χ1v) is 8.52. The number of thiazole rings is 1. The van der Waals surface area contributed by atoms with Gasteiger partial charge in [0.15, 0.2) is 5.13 Å². The number of hydrogen-bond donors (Lipinski definition) is 2. The summed E-state index contributed by atoms with van der Waals surface area (Å²) >= 11 is 7.60. The van der Waals surface area contributed by atoms with E-state index in [1.54, 1.807) is 18.2 Å². The van der Waals surface area contributed by atoms with E-state index in [1.165, 1.54) is 11.3 Å². The molecule has 0 aliphatic heterocycles. The third kappa shape index (κ3) is 2.70. The maximum absolute atomic E-state index is 9.55. The zero-order valence-corrected chi connectivity index (χ0v) is 14.3. The molecule has 0 aliphatic rings. The van der Waals surface area contributed by atoms with Gasteiger partial charge >= 0.3 is 0 Å². The van der Waals surface area contributed by atoms with Crippen molar-refractivity contribution >= 4 is 39.4 Å². The number of aromatic hydroxyl groups is 1. The van der Waals surface area contributed by atoms with Crippen molar-refractivity contribution < 1.29 is 5.11 Å². The fraction of sp³-hybridized carbons (Fsp3) is 0.0588. The van der Waals surface area contributed by atoms with Gasteiger partial charge in [0, 0.05) is 23.3 Å². The Hall–Kier alpha value is -2.57. The Morgan fingerprint density at radius 1 is 1.21 bits per heavy atom. The number of pyridine rings is 1. The van der Waals surface area contributed by atoms with Crippen LogP contribution in [0.1, 0.15) is 5.69 Å². The topological polar surface area (TPSA) is 62.5 Å². The molecule has 0 aliphatic carbocycles. The summed E-state index contributed by atoms with van der Waals surface area (Å²) in [6.45, 7) is 1.96. The molecule has 5 nitrogen and oxygen atoms in total. The summed E-state index contributed by atoms with van der Waals surface area (Å²) in [6.07, 6.45) is 1.84. The molecule has 3 heterocycles. The summed E-state index contributed by atoms with van der Waals surface area (Å²) in [5.74, 6) is 0.212. The highest BCUT2D eigenvalue weighted by Gasteiger charge is 2.14. The van der Waals surface area contributed by atoms with Crippen molar-refractivity contribution in [1.29, 1.82) is 0 Å². The van der Waals surface area contributed by atoms with Gasteiger partial charge < -0.3 is 10.4 Å². The van der Waals surface area contributed by atoms with Crippen molar-refractivity contribution in [1.82, 2.24) is 14.4 Å². The van der Waals surface area contributed by atoms with Crippen LogP contribution in [-0.4, -0.2) is 19.5 Å². The van der Waals surface area contributed by atoms with Crippen molar-refractivity contribution in [3.05, 3.63) is 58.7 Å². The quantitative estimate of drug-likeness (QED) is 0.549. The van der Waals surface area contributed by atoms with Crippen molar-refractivity contribution in [3.63, 3.8) is 0 Å². The first-order chi connectivity index (χ1) is 11.6. The molecule has 7 heteroatoms. The molecule has 120 valence electrons. The number of imidazole rings is 1. The fourth-order valence-electron chi connectivity index (χ4n) is 2.59. The maximum atomic E-state index is 9.55. The van der Waals surface area contributed by atoms with Gasteiger partial charge in [-0.1, -0.05) is 17.7 Å². The molecule has 0 fully saturated rings. The van der Waals surface area contributed by atoms with Gasteiger partial charge in [-0.15, -0.1) is 11.3 Å². The van der Waals surface area contributed by atoms with Crippen LogP contribution in [0.15, 0.2) is 48.0 Å². The van der Waals surface area contributed by atoms with Gasteiger partial charge in [0.25, 0.3) is 0 Å². The monoisotopic (exact) mass is 356 g/mol. The smallest absolute Gasteiger partial charge is 0.187 e. The third-order valence-corrected chi connectivity index (χ3v) is 4.58. The molecule has 4 rings (SSSR count). The fourth-order valence-corrected chi connectivity index (χ4v) is 3.47. The van der Waals surface area contributed by atoms with Gasteiger partial charge in [-0.3, -0.25) is 4.40 Å². The number of halogens is 1. The molecule has 3 aromatic heterocycles. The number of nitrogens with one attached hydrogen (secondary N) is 1. The Balaban J connectivity index is 1.73. The molecule has 4 aromatic rings. The van der Waals surface area contributed by atoms with Gasteiger partial charge in [-0.05, 0) is 31.2 Å². The standard InChI is InChI=1S/C17H13ClN4OS/c1-10-16(22-8-11(18)5-6-15(22)19-10)14-9-24-17(21-14)20-12-3-2-4-13(23)7-12/h2-9,23H,1H3,(H,20,21). The molecule has 0 saturated heterocycles. The minimum atomic E-state index is 0.212. The zero-order chi connectivity index (χ0) is 16.7. The van der Waals surface area contributed by atoms with Crippen LogP contribution in [0.2, 0.25) is 5.02 Å². The molecule has 0 saturated carbocycles. The Labute approximate surface area is 147 Å². The van der Waals surface area contributed by atoms with E-state index >= 15 is 0 Å². The van der Waals surface area contributed by atoms with E-state index in [4.69, 9.17) is 11.6 Å². The molecular weight excluding hydrogens is 344 g/mol. The molecule has 2 N–H and O–H groups in total. The van der Waals surface area contributed by atoms with E-state index < -0.39 is 0 Å². The summed E-state index contributed by atoms with van der Waals surface area (Å²) in [5, 5.41) is 16.1. The summed E-state index contributed by atoms with van der Waals surface area (Å²) in [7, 11) is 0. The van der Waals surface area contributed by atoms with Gasteiger partial charge in [0.2, 0.25) is 0 Å². The average molecular weight is 357 g/mol. The highest BCUT2D eigenvalue weighted by atomic mass is 35.5. The summed E-state index contributed by atoms with van der Waals surface area (Å²) < 4.78 is 1.95. The molecule has 0 atom stereocenters. The molecule has 0 bridgehead atoms. The van der Waals surface area contributed by atoms with E-state index in [0.29, 0.717) is 5.02 Å². The Morgan fingerprint density at radius 3 is 2.92 bits per heavy atom. The molecule has 0 unspecified atom stereocenters. The van der Waals surface area contributed by atoms with Gasteiger partial charge in [-0.2, -0.15) is 0 Å². The maximum Gasteiger partial charge on any atom is 0.187 e. The summed E-state index contributed by atoms with van der Waals surface area (Å²) in [4.78, 5) is 9.19. The number of hydrogen-bond acceptors (Lipinski definition) is 5. The van der Waals surface area contributed by atoms with Crippen molar-refractivity contribution in [2.24, 2.45) is 0 Å². The van der Waals surface area contributed by atoms with Gasteiger partial charge in [0.05, 0.1) is 16.4 Å². The minimum absolute atomic E-state index is 0.212. The van der Waals surface area contributed by atoms with Crippen LogP contribution >= 0.6 is 22.9 Å². The number of nitrogens with zero attached hydrogens (tertiary/aromatic N) is 3. The second kappa shape index (κ2) is 5.81. The molecule has 0 spiro atoms.